The zero-order valence-electron chi connectivity index (χ0n) is 12.1. The van der Waals surface area contributed by atoms with E-state index in [1.165, 1.54) is 6.92 Å². The fraction of sp³-hybridized carbons (Fsp3) is 0.286. The zero-order valence-corrected chi connectivity index (χ0v) is 12.9. The number of nitrogens with one attached hydrogen (secondary N) is 2. The number of aromatic nitrogens is 2. The van der Waals surface area contributed by atoms with Crippen molar-refractivity contribution >= 4 is 23.8 Å². The fourth-order valence-corrected chi connectivity index (χ4v) is 2.03. The van der Waals surface area contributed by atoms with Crippen molar-refractivity contribution in [3.8, 4) is 5.69 Å². The summed E-state index contributed by atoms with van der Waals surface area (Å²) in [6.45, 7) is -0.215. The molecule has 1 aromatic heterocycles. The molecule has 1 heterocycles. The molecule has 9 heteroatoms. The maximum Gasteiger partial charge on any atom is 0.411 e. The number of rotatable bonds is 5. The van der Waals surface area contributed by atoms with Gasteiger partial charge in [0.1, 0.15) is 12.7 Å². The third kappa shape index (κ3) is 4.93. The highest BCUT2D eigenvalue weighted by atomic mass is 32.1. The number of halogens is 3. The monoisotopic (exact) mass is 345 g/mol. The molecule has 23 heavy (non-hydrogen) atoms. The zero-order chi connectivity index (χ0) is 17.0. The van der Waals surface area contributed by atoms with Gasteiger partial charge < -0.3 is 15.0 Å². The number of hydrogen-bond donors (Lipinski definition) is 2. The van der Waals surface area contributed by atoms with Crippen LogP contribution in [0.2, 0.25) is 0 Å². The summed E-state index contributed by atoms with van der Waals surface area (Å²) in [5, 5.41) is 2.51. The number of anilines is 1. The highest BCUT2D eigenvalue weighted by Crippen LogP contribution is 2.17. The highest BCUT2D eigenvalue weighted by Gasteiger charge is 2.29. The summed E-state index contributed by atoms with van der Waals surface area (Å²) in [4.78, 5) is 14.7. The molecule has 2 N–H and O–H groups in total. The van der Waals surface area contributed by atoms with Crippen LogP contribution in [-0.4, -0.2) is 34.3 Å². The summed E-state index contributed by atoms with van der Waals surface area (Å²) >= 11 is 5.10. The SMILES string of the molecule is CC(OCC(F)(F)F)C(=O)Nc1cccc(-n2cc[nH]c2=S)c1. The minimum absolute atomic E-state index is 0.429. The van der Waals surface area contributed by atoms with E-state index in [4.69, 9.17) is 12.2 Å². The van der Waals surface area contributed by atoms with Crippen LogP contribution in [0.25, 0.3) is 5.69 Å². The number of ether oxygens (including phenoxy) is 1. The normalized spacial score (nSPS) is 12.9. The Hall–Kier alpha value is -2.13. The van der Waals surface area contributed by atoms with Crippen LogP contribution >= 0.6 is 12.2 Å². The Morgan fingerprint density at radius 2 is 2.22 bits per heavy atom. The molecule has 0 bridgehead atoms. The molecule has 0 spiro atoms. The molecule has 1 atom stereocenters. The molecule has 0 aliphatic carbocycles. The Balaban J connectivity index is 2.04. The van der Waals surface area contributed by atoms with Crippen molar-refractivity contribution in [2.24, 2.45) is 0 Å². The Labute approximate surface area is 135 Å². The molecule has 2 rings (SSSR count). The molecule has 1 amide bonds. The average molecular weight is 345 g/mol. The van der Waals surface area contributed by atoms with Crippen LogP contribution in [-0.2, 0) is 9.53 Å². The smallest absolute Gasteiger partial charge is 0.359 e. The number of hydrogen-bond acceptors (Lipinski definition) is 3. The van der Waals surface area contributed by atoms with Crippen LogP contribution < -0.4 is 5.32 Å². The van der Waals surface area contributed by atoms with E-state index in [0.717, 1.165) is 0 Å². The van der Waals surface area contributed by atoms with Gasteiger partial charge in [0.15, 0.2) is 4.77 Å². The number of carbonyl (C=O) groups is 1. The molecule has 124 valence electrons. The van der Waals surface area contributed by atoms with Crippen molar-refractivity contribution in [1.29, 1.82) is 0 Å². The van der Waals surface area contributed by atoms with Crippen molar-refractivity contribution in [2.45, 2.75) is 19.2 Å². The minimum atomic E-state index is -4.47. The first kappa shape index (κ1) is 17.2. The third-order valence-electron chi connectivity index (χ3n) is 2.91. The van der Waals surface area contributed by atoms with E-state index < -0.39 is 24.8 Å². The Morgan fingerprint density at radius 3 is 2.83 bits per heavy atom. The topological polar surface area (TPSA) is 59.0 Å². The lowest BCUT2D eigenvalue weighted by molar-refractivity contribution is -0.184. The first-order valence-corrected chi connectivity index (χ1v) is 7.03. The maximum absolute atomic E-state index is 12.1. The predicted molar refractivity (Wildman–Crippen MR) is 81.1 cm³/mol. The summed E-state index contributed by atoms with van der Waals surface area (Å²) in [5.74, 6) is -0.663. The van der Waals surface area contributed by atoms with E-state index in [1.54, 1.807) is 41.2 Å². The fourth-order valence-electron chi connectivity index (χ4n) is 1.80. The number of benzene rings is 1. The van der Waals surface area contributed by atoms with E-state index in [0.29, 0.717) is 16.1 Å². The predicted octanol–water partition coefficient (Wildman–Crippen LogP) is 3.44. The summed E-state index contributed by atoms with van der Waals surface area (Å²) in [5.41, 5.74) is 1.14. The van der Waals surface area contributed by atoms with Gasteiger partial charge in [-0.15, -0.1) is 0 Å². The van der Waals surface area contributed by atoms with Gasteiger partial charge in [-0.2, -0.15) is 13.2 Å². The van der Waals surface area contributed by atoms with Crippen molar-refractivity contribution in [2.75, 3.05) is 11.9 Å². The molecule has 0 aliphatic rings. The molecule has 0 radical (unpaired) electrons. The van der Waals surface area contributed by atoms with Gasteiger partial charge in [0.25, 0.3) is 5.91 Å². The van der Waals surface area contributed by atoms with E-state index in [1.807, 2.05) is 0 Å². The van der Waals surface area contributed by atoms with Gasteiger partial charge in [-0.3, -0.25) is 9.36 Å². The number of alkyl halides is 3. The van der Waals surface area contributed by atoms with Crippen LogP contribution in [0.3, 0.4) is 0 Å². The number of amides is 1. The van der Waals surface area contributed by atoms with E-state index in [2.05, 4.69) is 15.0 Å². The second-order valence-corrected chi connectivity index (χ2v) is 5.13. The number of carbonyl (C=O) groups excluding carboxylic acids is 1. The molecule has 2 aromatic rings. The van der Waals surface area contributed by atoms with Crippen molar-refractivity contribution in [1.82, 2.24) is 9.55 Å². The first-order chi connectivity index (χ1) is 10.8. The molecule has 1 unspecified atom stereocenters. The molecule has 0 fully saturated rings. The lowest BCUT2D eigenvalue weighted by Gasteiger charge is -2.15. The van der Waals surface area contributed by atoms with Gasteiger partial charge in [-0.05, 0) is 37.3 Å². The van der Waals surface area contributed by atoms with Crippen molar-refractivity contribution < 1.29 is 22.7 Å². The molecular weight excluding hydrogens is 331 g/mol. The number of imidazole rings is 1. The Kier molecular flexibility index (Phi) is 5.22. The lowest BCUT2D eigenvalue weighted by atomic mass is 10.2. The van der Waals surface area contributed by atoms with E-state index in [9.17, 15) is 18.0 Å². The Bertz CT molecular complexity index is 739. The van der Waals surface area contributed by atoms with Crippen LogP contribution in [0.4, 0.5) is 18.9 Å². The molecule has 0 saturated carbocycles. The van der Waals surface area contributed by atoms with Crippen LogP contribution in [0.15, 0.2) is 36.7 Å². The van der Waals surface area contributed by atoms with Crippen molar-refractivity contribution in [3.63, 3.8) is 0 Å². The van der Waals surface area contributed by atoms with Gasteiger partial charge in [-0.25, -0.2) is 0 Å². The lowest BCUT2D eigenvalue weighted by Crippen LogP contribution is -2.31. The Morgan fingerprint density at radius 1 is 1.48 bits per heavy atom. The average Bonchev–Trinajstić information content (AvgIpc) is 2.90. The minimum Gasteiger partial charge on any atom is -0.359 e. The first-order valence-electron chi connectivity index (χ1n) is 6.62. The van der Waals surface area contributed by atoms with Gasteiger partial charge in [-0.1, -0.05) is 6.07 Å². The summed E-state index contributed by atoms with van der Waals surface area (Å²) in [6.07, 6.45) is -2.31. The van der Waals surface area contributed by atoms with E-state index >= 15 is 0 Å². The van der Waals surface area contributed by atoms with Crippen LogP contribution in [0, 0.1) is 4.77 Å². The van der Waals surface area contributed by atoms with Crippen LogP contribution in [0.1, 0.15) is 6.92 Å². The van der Waals surface area contributed by atoms with Gasteiger partial charge in [0.2, 0.25) is 0 Å². The third-order valence-corrected chi connectivity index (χ3v) is 3.22. The van der Waals surface area contributed by atoms with Gasteiger partial charge >= 0.3 is 6.18 Å². The standard InChI is InChI=1S/C14H14F3N3O2S/c1-9(22-8-14(15,16)17)12(21)19-10-3-2-4-11(7-10)20-6-5-18-13(20)23/h2-7,9H,8H2,1H3,(H,18,23)(H,19,21). The second kappa shape index (κ2) is 6.97. The number of nitrogens with zero attached hydrogens (tertiary/aromatic N) is 1. The van der Waals surface area contributed by atoms with Crippen LogP contribution in [0.5, 0.6) is 0 Å². The molecule has 1 aromatic carbocycles. The van der Waals surface area contributed by atoms with E-state index in [-0.39, 0.29) is 0 Å². The van der Waals surface area contributed by atoms with Crippen molar-refractivity contribution in [3.05, 3.63) is 41.4 Å². The second-order valence-electron chi connectivity index (χ2n) is 4.74. The number of H-pyrrole nitrogens is 1. The summed E-state index contributed by atoms with van der Waals surface area (Å²) in [6, 6.07) is 6.75. The maximum atomic E-state index is 12.1. The highest BCUT2D eigenvalue weighted by molar-refractivity contribution is 7.71. The quantitative estimate of drug-likeness (QED) is 0.816. The number of aromatic amines is 1. The largest absolute Gasteiger partial charge is 0.411 e. The van der Waals surface area contributed by atoms with Gasteiger partial charge in [0, 0.05) is 23.8 Å². The summed E-state index contributed by atoms with van der Waals surface area (Å²) in [7, 11) is 0. The van der Waals surface area contributed by atoms with Gasteiger partial charge in [0.05, 0.1) is 0 Å². The molecular formula is C14H14F3N3O2S. The molecule has 5 nitrogen and oxygen atoms in total. The molecule has 0 saturated heterocycles. The summed E-state index contributed by atoms with van der Waals surface area (Å²) < 4.78 is 42.9. The molecule has 0 aliphatic heterocycles.